The van der Waals surface area contributed by atoms with Crippen LogP contribution in [0.25, 0.3) is 5.65 Å². The molecule has 0 radical (unpaired) electrons. The normalized spacial score (nSPS) is 19.5. The molecule has 6 heteroatoms. The van der Waals surface area contributed by atoms with E-state index in [1.807, 2.05) is 41.9 Å². The van der Waals surface area contributed by atoms with Gasteiger partial charge in [-0.3, -0.25) is 4.79 Å². The first-order valence-electron chi connectivity index (χ1n) is 9.87. The molecule has 146 valence electrons. The lowest BCUT2D eigenvalue weighted by Gasteiger charge is -2.29. The zero-order valence-corrected chi connectivity index (χ0v) is 16.4. The second-order valence-corrected chi connectivity index (χ2v) is 7.59. The van der Waals surface area contributed by atoms with E-state index in [4.69, 9.17) is 4.74 Å². The number of nitrogens with one attached hydrogen (secondary N) is 1. The van der Waals surface area contributed by atoms with Crippen molar-refractivity contribution in [3.63, 3.8) is 0 Å². The fourth-order valence-electron chi connectivity index (χ4n) is 4.10. The zero-order valence-electron chi connectivity index (χ0n) is 16.4. The topological polar surface area (TPSA) is 68.5 Å². The maximum Gasteiger partial charge on any atom is 0.251 e. The van der Waals surface area contributed by atoms with Gasteiger partial charge in [-0.25, -0.2) is 9.50 Å². The molecule has 0 saturated heterocycles. The third-order valence-corrected chi connectivity index (χ3v) is 5.66. The molecule has 1 fully saturated rings. The number of hydrogen-bond donors (Lipinski definition) is 1. The second kappa shape index (κ2) is 8.00. The van der Waals surface area contributed by atoms with Crippen molar-refractivity contribution in [1.29, 1.82) is 0 Å². The van der Waals surface area contributed by atoms with E-state index in [0.717, 1.165) is 43.6 Å². The Kier molecular flexibility index (Phi) is 5.28. The standard InChI is InChI=1S/C22H26N4O2/c1-15-12-21-23-11-10-20(26(21)25-15)17-8-6-16(7-9-17)14-24-22(27)18-4-3-5-19(13-18)28-2/h3-5,10-13,16-17H,6-9,14H2,1-2H3,(H,24,27). The average molecular weight is 378 g/mol. The number of benzene rings is 1. The number of carbonyl (C=O) groups excluding carboxylic acids is 1. The Labute approximate surface area is 164 Å². The monoisotopic (exact) mass is 378 g/mol. The summed E-state index contributed by atoms with van der Waals surface area (Å²) in [6.45, 7) is 2.72. The van der Waals surface area contributed by atoms with E-state index < -0.39 is 0 Å². The van der Waals surface area contributed by atoms with E-state index in [-0.39, 0.29) is 5.91 Å². The van der Waals surface area contributed by atoms with Crippen LogP contribution in [0, 0.1) is 12.8 Å². The summed E-state index contributed by atoms with van der Waals surface area (Å²) >= 11 is 0. The number of aromatic nitrogens is 3. The molecule has 2 aromatic heterocycles. The Morgan fingerprint density at radius 2 is 2.04 bits per heavy atom. The van der Waals surface area contributed by atoms with Crippen LogP contribution in [0.5, 0.6) is 5.75 Å². The van der Waals surface area contributed by atoms with E-state index in [1.54, 1.807) is 13.2 Å². The highest BCUT2D eigenvalue weighted by Crippen LogP contribution is 2.35. The molecule has 1 aliphatic rings. The summed E-state index contributed by atoms with van der Waals surface area (Å²) in [7, 11) is 1.61. The zero-order chi connectivity index (χ0) is 19.5. The molecule has 0 aliphatic heterocycles. The number of ether oxygens (including phenoxy) is 1. The third-order valence-electron chi connectivity index (χ3n) is 5.66. The van der Waals surface area contributed by atoms with Gasteiger partial charge >= 0.3 is 0 Å². The second-order valence-electron chi connectivity index (χ2n) is 7.59. The van der Waals surface area contributed by atoms with Crippen molar-refractivity contribution in [3.05, 3.63) is 59.5 Å². The number of fused-ring (bicyclic) bond motifs is 1. The van der Waals surface area contributed by atoms with Crippen LogP contribution in [0.1, 0.15) is 53.3 Å². The largest absolute Gasteiger partial charge is 0.497 e. The molecular formula is C22H26N4O2. The highest BCUT2D eigenvalue weighted by molar-refractivity contribution is 5.94. The third kappa shape index (κ3) is 3.86. The minimum atomic E-state index is -0.0381. The van der Waals surface area contributed by atoms with Gasteiger partial charge in [-0.15, -0.1) is 0 Å². The van der Waals surface area contributed by atoms with Gasteiger partial charge in [-0.1, -0.05) is 6.07 Å². The summed E-state index contributed by atoms with van der Waals surface area (Å²) < 4.78 is 7.18. The minimum Gasteiger partial charge on any atom is -0.497 e. The predicted octanol–water partition coefficient (Wildman–Crippen LogP) is 3.75. The molecule has 28 heavy (non-hydrogen) atoms. The van der Waals surface area contributed by atoms with Crippen molar-refractivity contribution in [3.8, 4) is 5.75 Å². The first kappa shape index (κ1) is 18.5. The van der Waals surface area contributed by atoms with E-state index >= 15 is 0 Å². The molecule has 1 saturated carbocycles. The van der Waals surface area contributed by atoms with Gasteiger partial charge in [0.15, 0.2) is 5.65 Å². The van der Waals surface area contributed by atoms with Crippen molar-refractivity contribution in [2.75, 3.05) is 13.7 Å². The van der Waals surface area contributed by atoms with E-state index in [1.165, 1.54) is 5.69 Å². The van der Waals surface area contributed by atoms with E-state index in [2.05, 4.69) is 21.5 Å². The number of methoxy groups -OCH3 is 1. The van der Waals surface area contributed by atoms with Gasteiger partial charge in [-0.05, 0) is 62.8 Å². The first-order valence-corrected chi connectivity index (χ1v) is 9.87. The number of hydrogen-bond acceptors (Lipinski definition) is 4. The maximum absolute atomic E-state index is 12.4. The predicted molar refractivity (Wildman–Crippen MR) is 108 cm³/mol. The summed E-state index contributed by atoms with van der Waals surface area (Å²) in [5.41, 5.74) is 3.80. The van der Waals surface area contributed by atoms with Gasteiger partial charge in [0.05, 0.1) is 12.8 Å². The van der Waals surface area contributed by atoms with Crippen LogP contribution in [0.2, 0.25) is 0 Å². The molecule has 1 aliphatic carbocycles. The van der Waals surface area contributed by atoms with Crippen molar-refractivity contribution in [2.24, 2.45) is 5.92 Å². The summed E-state index contributed by atoms with van der Waals surface area (Å²) in [6.07, 6.45) is 6.31. The van der Waals surface area contributed by atoms with Crippen molar-refractivity contribution < 1.29 is 9.53 Å². The van der Waals surface area contributed by atoms with Crippen molar-refractivity contribution in [2.45, 2.75) is 38.5 Å². The number of nitrogens with zero attached hydrogens (tertiary/aromatic N) is 3. The van der Waals surface area contributed by atoms with Crippen LogP contribution in [-0.2, 0) is 0 Å². The van der Waals surface area contributed by atoms with Gasteiger partial charge in [0.1, 0.15) is 5.75 Å². The molecular weight excluding hydrogens is 352 g/mol. The van der Waals surface area contributed by atoms with Crippen molar-refractivity contribution in [1.82, 2.24) is 19.9 Å². The van der Waals surface area contributed by atoms with Crippen LogP contribution in [-0.4, -0.2) is 34.2 Å². The molecule has 0 bridgehead atoms. The fourth-order valence-corrected chi connectivity index (χ4v) is 4.10. The summed E-state index contributed by atoms with van der Waals surface area (Å²) in [5.74, 6) is 1.67. The number of rotatable bonds is 5. The molecule has 0 unspecified atom stereocenters. The Morgan fingerprint density at radius 3 is 2.82 bits per heavy atom. The molecule has 0 atom stereocenters. The lowest BCUT2D eigenvalue weighted by Crippen LogP contribution is -2.31. The molecule has 6 nitrogen and oxygen atoms in total. The van der Waals surface area contributed by atoms with Gasteiger partial charge in [0.25, 0.3) is 5.91 Å². The molecule has 1 aromatic carbocycles. The molecule has 4 rings (SSSR count). The molecule has 1 amide bonds. The van der Waals surface area contributed by atoms with Crippen LogP contribution < -0.4 is 10.1 Å². The smallest absolute Gasteiger partial charge is 0.251 e. The number of amides is 1. The summed E-state index contributed by atoms with van der Waals surface area (Å²) in [4.78, 5) is 16.8. The maximum atomic E-state index is 12.4. The van der Waals surface area contributed by atoms with Crippen LogP contribution >= 0.6 is 0 Å². The fraction of sp³-hybridized carbons (Fsp3) is 0.409. The van der Waals surface area contributed by atoms with Crippen LogP contribution in [0.3, 0.4) is 0 Å². The van der Waals surface area contributed by atoms with E-state index in [0.29, 0.717) is 23.1 Å². The summed E-state index contributed by atoms with van der Waals surface area (Å²) in [5, 5.41) is 7.69. The van der Waals surface area contributed by atoms with Crippen molar-refractivity contribution >= 4 is 11.6 Å². The molecule has 1 N–H and O–H groups in total. The van der Waals surface area contributed by atoms with Crippen LogP contribution in [0.4, 0.5) is 0 Å². The highest BCUT2D eigenvalue weighted by Gasteiger charge is 2.25. The van der Waals surface area contributed by atoms with Gasteiger partial charge < -0.3 is 10.1 Å². The van der Waals surface area contributed by atoms with Gasteiger partial charge in [0.2, 0.25) is 0 Å². The molecule has 3 aromatic rings. The Balaban J connectivity index is 1.33. The van der Waals surface area contributed by atoms with E-state index in [9.17, 15) is 4.79 Å². The first-order chi connectivity index (χ1) is 13.6. The van der Waals surface area contributed by atoms with Crippen LogP contribution in [0.15, 0.2) is 42.6 Å². The Bertz CT molecular complexity index is 974. The SMILES string of the molecule is COc1cccc(C(=O)NCC2CCC(c3ccnc4cc(C)nn34)CC2)c1. The Hall–Kier alpha value is -2.89. The minimum absolute atomic E-state index is 0.0381. The lowest BCUT2D eigenvalue weighted by molar-refractivity contribution is 0.0942. The Morgan fingerprint density at radius 1 is 1.21 bits per heavy atom. The van der Waals surface area contributed by atoms with Gasteiger partial charge in [0, 0.05) is 36.0 Å². The number of aryl methyl sites for hydroxylation is 1. The molecule has 2 heterocycles. The average Bonchev–Trinajstić information content (AvgIpc) is 3.12. The number of carbonyl (C=O) groups is 1. The highest BCUT2D eigenvalue weighted by atomic mass is 16.5. The molecule has 0 spiro atoms. The quantitative estimate of drug-likeness (QED) is 0.734. The lowest BCUT2D eigenvalue weighted by atomic mass is 9.80. The van der Waals surface area contributed by atoms with Gasteiger partial charge in [-0.2, -0.15) is 5.10 Å². The summed E-state index contributed by atoms with van der Waals surface area (Å²) in [6, 6.07) is 11.4.